The molecule has 0 aliphatic heterocycles. The van der Waals surface area contributed by atoms with Gasteiger partial charge in [0.25, 0.3) is 0 Å². The minimum atomic E-state index is -0.220. The second kappa shape index (κ2) is 8.59. The molecule has 0 aliphatic rings. The quantitative estimate of drug-likeness (QED) is 0.262. The van der Waals surface area contributed by atoms with Crippen molar-refractivity contribution in [2.45, 2.75) is 12.8 Å². The smallest absolute Gasteiger partial charge is 0.123 e. The number of aryl methyl sites for hydroxylation is 1. The maximum absolute atomic E-state index is 13.3. The minimum absolute atomic E-state index is 0.220. The first-order valence-corrected chi connectivity index (χ1v) is 9.73. The van der Waals surface area contributed by atoms with E-state index in [0.717, 1.165) is 34.7 Å². The highest BCUT2D eigenvalue weighted by molar-refractivity contribution is 5.84. The third kappa shape index (κ3) is 4.62. The van der Waals surface area contributed by atoms with Crippen LogP contribution >= 0.6 is 0 Å². The van der Waals surface area contributed by atoms with E-state index in [9.17, 15) is 4.39 Å². The van der Waals surface area contributed by atoms with Gasteiger partial charge in [-0.3, -0.25) is 0 Å². The molecular formula is C28H21F. The van der Waals surface area contributed by atoms with E-state index in [2.05, 4.69) is 54.8 Å². The molecule has 0 saturated heterocycles. The number of allylic oxidation sites excluding steroid dienone is 1. The number of fused-ring (bicyclic) bond motifs is 1. The van der Waals surface area contributed by atoms with Crippen LogP contribution in [0.2, 0.25) is 0 Å². The third-order valence-corrected chi connectivity index (χ3v) is 4.96. The molecule has 0 saturated carbocycles. The molecule has 0 aliphatic carbocycles. The summed E-state index contributed by atoms with van der Waals surface area (Å²) < 4.78 is 13.3. The van der Waals surface area contributed by atoms with Crippen LogP contribution in [-0.2, 0) is 6.42 Å². The molecular weight excluding hydrogens is 355 g/mol. The van der Waals surface area contributed by atoms with Crippen LogP contribution in [0.4, 0.5) is 4.39 Å². The molecule has 0 atom stereocenters. The fourth-order valence-electron chi connectivity index (χ4n) is 3.32. The van der Waals surface area contributed by atoms with Gasteiger partial charge in [-0.1, -0.05) is 66.4 Å². The molecule has 0 heterocycles. The Balaban J connectivity index is 1.50. The van der Waals surface area contributed by atoms with Crippen molar-refractivity contribution in [3.05, 3.63) is 120 Å². The lowest BCUT2D eigenvalue weighted by atomic mass is 10.0. The lowest BCUT2D eigenvalue weighted by Gasteiger charge is -2.04. The van der Waals surface area contributed by atoms with Gasteiger partial charge < -0.3 is 0 Å². The van der Waals surface area contributed by atoms with Crippen molar-refractivity contribution >= 4 is 10.8 Å². The summed E-state index contributed by atoms with van der Waals surface area (Å²) in [6, 6.07) is 27.6. The summed E-state index contributed by atoms with van der Waals surface area (Å²) >= 11 is 0. The van der Waals surface area contributed by atoms with Crippen molar-refractivity contribution in [2.24, 2.45) is 0 Å². The number of rotatable bonds is 4. The van der Waals surface area contributed by atoms with E-state index in [1.54, 1.807) is 6.07 Å². The van der Waals surface area contributed by atoms with Crippen LogP contribution in [0.3, 0.4) is 0 Å². The molecule has 0 amide bonds. The van der Waals surface area contributed by atoms with Crippen molar-refractivity contribution in [2.75, 3.05) is 0 Å². The van der Waals surface area contributed by atoms with E-state index >= 15 is 0 Å². The Morgan fingerprint density at radius 3 is 2.00 bits per heavy atom. The van der Waals surface area contributed by atoms with Gasteiger partial charge in [-0.2, -0.15) is 0 Å². The molecule has 0 N–H and O–H groups in total. The van der Waals surface area contributed by atoms with Gasteiger partial charge in [0.05, 0.1) is 0 Å². The third-order valence-electron chi connectivity index (χ3n) is 4.96. The number of benzene rings is 4. The van der Waals surface area contributed by atoms with E-state index in [-0.39, 0.29) is 5.82 Å². The monoisotopic (exact) mass is 376 g/mol. The molecule has 0 radical (unpaired) electrons. The summed E-state index contributed by atoms with van der Waals surface area (Å²) in [7, 11) is 0. The molecule has 0 fully saturated rings. The second-order valence-electron chi connectivity index (χ2n) is 7.06. The molecule has 140 valence electrons. The molecule has 0 bridgehead atoms. The molecule has 29 heavy (non-hydrogen) atoms. The second-order valence-corrected chi connectivity index (χ2v) is 7.06. The fourth-order valence-corrected chi connectivity index (χ4v) is 3.32. The first kappa shape index (κ1) is 18.7. The van der Waals surface area contributed by atoms with Crippen molar-refractivity contribution in [1.82, 2.24) is 0 Å². The molecule has 0 nitrogen and oxygen atoms in total. The zero-order valence-corrected chi connectivity index (χ0v) is 16.2. The van der Waals surface area contributed by atoms with Crippen molar-refractivity contribution < 1.29 is 4.39 Å². The molecule has 4 rings (SSSR count). The first-order chi connectivity index (χ1) is 14.2. The van der Waals surface area contributed by atoms with Gasteiger partial charge >= 0.3 is 0 Å². The van der Waals surface area contributed by atoms with Crippen LogP contribution in [0, 0.1) is 17.7 Å². The van der Waals surface area contributed by atoms with E-state index in [4.69, 9.17) is 0 Å². The minimum Gasteiger partial charge on any atom is -0.207 e. The highest BCUT2D eigenvalue weighted by Gasteiger charge is 1.99. The van der Waals surface area contributed by atoms with E-state index < -0.39 is 0 Å². The summed E-state index contributed by atoms with van der Waals surface area (Å²) in [5, 5.41) is 1.88. The van der Waals surface area contributed by atoms with Crippen LogP contribution in [0.15, 0.2) is 97.6 Å². The summed E-state index contributed by atoms with van der Waals surface area (Å²) in [6.07, 6.45) is 3.98. The van der Waals surface area contributed by atoms with Gasteiger partial charge in [-0.05, 0) is 76.7 Å². The SMILES string of the molecule is C=CCCc1ccc(-c2ccc(C#Cc3ccc4cc(F)ccc4c3)cc2)cc1. The van der Waals surface area contributed by atoms with Gasteiger partial charge in [0.2, 0.25) is 0 Å². The van der Waals surface area contributed by atoms with Gasteiger partial charge in [0, 0.05) is 11.1 Å². The number of hydrogen-bond donors (Lipinski definition) is 0. The van der Waals surface area contributed by atoms with Crippen LogP contribution in [0.5, 0.6) is 0 Å². The standard InChI is InChI=1S/C28H21F/c1-2-3-4-21-7-12-24(13-8-21)25-14-9-22(10-15-25)5-6-23-11-16-27-20-28(29)18-17-26(27)19-23/h2,7-20H,1,3-4H2. The lowest BCUT2D eigenvalue weighted by molar-refractivity contribution is 0.630. The fraction of sp³-hybridized carbons (Fsp3) is 0.0714. The van der Waals surface area contributed by atoms with E-state index in [0.29, 0.717) is 0 Å². The summed E-state index contributed by atoms with van der Waals surface area (Å²) in [5.74, 6) is 6.20. The predicted molar refractivity (Wildman–Crippen MR) is 120 cm³/mol. The lowest BCUT2D eigenvalue weighted by Crippen LogP contribution is -1.84. The average Bonchev–Trinajstić information content (AvgIpc) is 2.77. The van der Waals surface area contributed by atoms with Gasteiger partial charge in [0.1, 0.15) is 5.82 Å². The Morgan fingerprint density at radius 2 is 1.28 bits per heavy atom. The van der Waals surface area contributed by atoms with Crippen LogP contribution < -0.4 is 0 Å². The average molecular weight is 376 g/mol. The maximum Gasteiger partial charge on any atom is 0.123 e. The highest BCUT2D eigenvalue weighted by atomic mass is 19.1. The molecule has 0 spiro atoms. The zero-order chi connectivity index (χ0) is 20.1. The molecule has 1 heteroatoms. The van der Waals surface area contributed by atoms with Crippen LogP contribution in [0.1, 0.15) is 23.1 Å². The van der Waals surface area contributed by atoms with Gasteiger partial charge in [-0.15, -0.1) is 6.58 Å². The van der Waals surface area contributed by atoms with Crippen LogP contribution in [-0.4, -0.2) is 0 Å². The summed E-state index contributed by atoms with van der Waals surface area (Å²) in [5.41, 5.74) is 5.60. The summed E-state index contributed by atoms with van der Waals surface area (Å²) in [4.78, 5) is 0. The van der Waals surface area contributed by atoms with Crippen LogP contribution in [0.25, 0.3) is 21.9 Å². The van der Waals surface area contributed by atoms with E-state index in [1.165, 1.54) is 28.8 Å². The number of hydrogen-bond acceptors (Lipinski definition) is 0. The largest absolute Gasteiger partial charge is 0.207 e. The van der Waals surface area contributed by atoms with Crippen molar-refractivity contribution in [3.8, 4) is 23.0 Å². The van der Waals surface area contributed by atoms with Crippen molar-refractivity contribution in [3.63, 3.8) is 0 Å². The normalized spacial score (nSPS) is 10.4. The Kier molecular flexibility index (Phi) is 5.54. The maximum atomic E-state index is 13.3. The van der Waals surface area contributed by atoms with Gasteiger partial charge in [0.15, 0.2) is 0 Å². The molecule has 0 unspecified atom stereocenters. The van der Waals surface area contributed by atoms with Gasteiger partial charge in [-0.25, -0.2) is 4.39 Å². The van der Waals surface area contributed by atoms with Crippen molar-refractivity contribution in [1.29, 1.82) is 0 Å². The van der Waals surface area contributed by atoms with E-state index in [1.807, 2.05) is 36.4 Å². The predicted octanol–water partition coefficient (Wildman–Crippen LogP) is 7.16. The topological polar surface area (TPSA) is 0 Å². The highest BCUT2D eigenvalue weighted by Crippen LogP contribution is 2.21. The molecule has 4 aromatic rings. The Bertz CT molecular complexity index is 1200. The Hall–Kier alpha value is -3.63. The molecule has 0 aromatic heterocycles. The Morgan fingerprint density at radius 1 is 0.690 bits per heavy atom. The molecule has 4 aromatic carbocycles. The first-order valence-electron chi connectivity index (χ1n) is 9.73. The zero-order valence-electron chi connectivity index (χ0n) is 16.2. The number of halogens is 1. The summed E-state index contributed by atoms with van der Waals surface area (Å²) in [6.45, 7) is 3.78. The Labute approximate surface area is 171 Å².